The molecule has 0 amide bonds. The van der Waals surface area contributed by atoms with Crippen LogP contribution in [0.5, 0.6) is 0 Å². The second-order valence-corrected chi connectivity index (χ2v) is 5.19. The summed E-state index contributed by atoms with van der Waals surface area (Å²) in [5, 5.41) is 7.81. The van der Waals surface area contributed by atoms with Crippen LogP contribution in [0, 0.1) is 0 Å². The molecule has 0 bridgehead atoms. The maximum atomic E-state index is 11.0. The van der Waals surface area contributed by atoms with Gasteiger partial charge in [-0.2, -0.15) is 18.6 Å². The van der Waals surface area contributed by atoms with Gasteiger partial charge in [0.25, 0.3) is 10.1 Å². The summed E-state index contributed by atoms with van der Waals surface area (Å²) in [6, 6.07) is 12.3. The van der Waals surface area contributed by atoms with Crippen molar-refractivity contribution >= 4 is 27.2 Å². The molecule has 2 aromatic rings. The number of hydrogen-bond donors (Lipinski definition) is 2. The van der Waals surface area contributed by atoms with E-state index in [2.05, 4.69) is 10.2 Å². The molecule has 0 aliphatic rings. The fourth-order valence-electron chi connectivity index (χ4n) is 1.41. The summed E-state index contributed by atoms with van der Waals surface area (Å²) in [5.74, 6) is 0. The van der Waals surface area contributed by atoms with Crippen LogP contribution in [0.2, 0.25) is 0 Å². The molecule has 7 heteroatoms. The van der Waals surface area contributed by atoms with Gasteiger partial charge in [0.1, 0.15) is 0 Å². The standard InChI is InChI=1S/C12H11N3O3S/c13-9-3-1-4-10(7-9)14-15-11-5-2-6-12(8-11)19(16,17)18/h1-8H,13H2,(H,16,17,18)/b15-14+. The normalized spacial score (nSPS) is 11.8. The highest BCUT2D eigenvalue weighted by Gasteiger charge is 2.09. The minimum absolute atomic E-state index is 0.225. The van der Waals surface area contributed by atoms with Crippen LogP contribution < -0.4 is 5.73 Å². The van der Waals surface area contributed by atoms with Gasteiger partial charge in [0.05, 0.1) is 16.3 Å². The third-order valence-corrected chi connectivity index (χ3v) is 3.12. The Hall–Kier alpha value is -2.25. The van der Waals surface area contributed by atoms with E-state index in [1.807, 2.05) is 0 Å². The van der Waals surface area contributed by atoms with Crippen LogP contribution >= 0.6 is 0 Å². The predicted molar refractivity (Wildman–Crippen MR) is 71.3 cm³/mol. The minimum atomic E-state index is -4.24. The first-order valence-electron chi connectivity index (χ1n) is 5.30. The molecule has 0 aliphatic heterocycles. The van der Waals surface area contributed by atoms with Crippen molar-refractivity contribution in [3.63, 3.8) is 0 Å². The van der Waals surface area contributed by atoms with Crippen molar-refractivity contribution in [2.45, 2.75) is 4.90 Å². The van der Waals surface area contributed by atoms with Crippen molar-refractivity contribution in [2.24, 2.45) is 10.2 Å². The van der Waals surface area contributed by atoms with Gasteiger partial charge in [0.15, 0.2) is 0 Å². The molecule has 98 valence electrons. The van der Waals surface area contributed by atoms with Crippen LogP contribution in [0.15, 0.2) is 63.7 Å². The number of benzene rings is 2. The molecule has 0 atom stereocenters. The van der Waals surface area contributed by atoms with Crippen molar-refractivity contribution in [3.05, 3.63) is 48.5 Å². The van der Waals surface area contributed by atoms with Gasteiger partial charge in [0, 0.05) is 5.69 Å². The Bertz CT molecular complexity index is 727. The lowest BCUT2D eigenvalue weighted by Gasteiger charge is -1.98. The molecular formula is C12H11N3O3S. The number of nitrogen functional groups attached to an aromatic ring is 1. The fourth-order valence-corrected chi connectivity index (χ4v) is 1.93. The summed E-state index contributed by atoms with van der Waals surface area (Å²) < 4.78 is 30.9. The van der Waals surface area contributed by atoms with Gasteiger partial charge in [-0.05, 0) is 36.4 Å². The number of hydrogen-bond acceptors (Lipinski definition) is 5. The molecule has 2 aromatic carbocycles. The monoisotopic (exact) mass is 277 g/mol. The molecule has 0 fully saturated rings. The summed E-state index contributed by atoms with van der Waals surface area (Å²) >= 11 is 0. The molecule has 0 saturated heterocycles. The number of anilines is 1. The Morgan fingerprint density at radius 2 is 1.53 bits per heavy atom. The first-order valence-corrected chi connectivity index (χ1v) is 6.74. The molecular weight excluding hydrogens is 266 g/mol. The Morgan fingerprint density at radius 1 is 0.947 bits per heavy atom. The van der Waals surface area contributed by atoms with E-state index >= 15 is 0 Å². The molecule has 0 radical (unpaired) electrons. The number of nitrogens with two attached hydrogens (primary N) is 1. The van der Waals surface area contributed by atoms with Crippen LogP contribution in [-0.2, 0) is 10.1 Å². The van der Waals surface area contributed by atoms with Crippen LogP contribution in [0.3, 0.4) is 0 Å². The zero-order chi connectivity index (χ0) is 13.9. The van der Waals surface area contributed by atoms with Crippen molar-refractivity contribution < 1.29 is 13.0 Å². The predicted octanol–water partition coefficient (Wildman–Crippen LogP) is 2.93. The van der Waals surface area contributed by atoms with Gasteiger partial charge >= 0.3 is 0 Å². The van der Waals surface area contributed by atoms with E-state index in [1.54, 1.807) is 30.3 Å². The lowest BCUT2D eigenvalue weighted by molar-refractivity contribution is 0.483. The van der Waals surface area contributed by atoms with Gasteiger partial charge in [0.2, 0.25) is 0 Å². The van der Waals surface area contributed by atoms with E-state index in [9.17, 15) is 8.42 Å². The highest BCUT2D eigenvalue weighted by Crippen LogP contribution is 2.22. The second kappa shape index (κ2) is 5.17. The highest BCUT2D eigenvalue weighted by atomic mass is 32.2. The number of nitrogens with zero attached hydrogens (tertiary/aromatic N) is 2. The fraction of sp³-hybridized carbons (Fsp3) is 0. The summed E-state index contributed by atoms with van der Waals surface area (Å²) in [4.78, 5) is -0.225. The van der Waals surface area contributed by atoms with E-state index in [0.29, 0.717) is 17.1 Å². The van der Waals surface area contributed by atoms with Gasteiger partial charge in [-0.1, -0.05) is 12.1 Å². The number of rotatable bonds is 3. The van der Waals surface area contributed by atoms with Gasteiger partial charge in [-0.25, -0.2) is 0 Å². The highest BCUT2D eigenvalue weighted by molar-refractivity contribution is 7.85. The van der Waals surface area contributed by atoms with E-state index in [1.165, 1.54) is 18.2 Å². The van der Waals surface area contributed by atoms with Crippen molar-refractivity contribution in [1.82, 2.24) is 0 Å². The third-order valence-electron chi connectivity index (χ3n) is 2.27. The first kappa shape index (κ1) is 13.2. The Labute approximate surface area is 110 Å². The molecule has 0 unspecified atom stereocenters. The second-order valence-electron chi connectivity index (χ2n) is 3.77. The molecule has 0 aliphatic carbocycles. The van der Waals surface area contributed by atoms with Crippen LogP contribution in [0.4, 0.5) is 17.1 Å². The SMILES string of the molecule is Nc1cccc(/N=N/c2cccc(S(=O)(=O)O)c2)c1. The minimum Gasteiger partial charge on any atom is -0.399 e. The Balaban J connectivity index is 2.29. The van der Waals surface area contributed by atoms with Crippen LogP contribution in [0.1, 0.15) is 0 Å². The lowest BCUT2D eigenvalue weighted by atomic mass is 10.3. The van der Waals surface area contributed by atoms with E-state index < -0.39 is 10.1 Å². The average molecular weight is 277 g/mol. The third kappa shape index (κ3) is 3.60. The summed E-state index contributed by atoms with van der Waals surface area (Å²) in [6.07, 6.45) is 0. The lowest BCUT2D eigenvalue weighted by Crippen LogP contribution is -1.96. The molecule has 0 saturated carbocycles. The zero-order valence-electron chi connectivity index (χ0n) is 9.76. The first-order chi connectivity index (χ1) is 8.95. The molecule has 2 rings (SSSR count). The molecule has 19 heavy (non-hydrogen) atoms. The Kier molecular flexibility index (Phi) is 3.59. The molecule has 0 heterocycles. The van der Waals surface area contributed by atoms with Gasteiger partial charge in [-0.15, -0.1) is 0 Å². The van der Waals surface area contributed by atoms with Crippen molar-refractivity contribution in [1.29, 1.82) is 0 Å². The summed E-state index contributed by atoms with van der Waals surface area (Å²) in [5.41, 5.74) is 7.02. The number of azo groups is 1. The molecule has 6 nitrogen and oxygen atoms in total. The molecule has 3 N–H and O–H groups in total. The topological polar surface area (TPSA) is 105 Å². The summed E-state index contributed by atoms with van der Waals surface area (Å²) in [6.45, 7) is 0. The maximum absolute atomic E-state index is 11.0. The quantitative estimate of drug-likeness (QED) is 0.511. The smallest absolute Gasteiger partial charge is 0.294 e. The molecule has 0 spiro atoms. The van der Waals surface area contributed by atoms with Gasteiger partial charge in [-0.3, -0.25) is 4.55 Å². The molecule has 0 aromatic heterocycles. The largest absolute Gasteiger partial charge is 0.399 e. The maximum Gasteiger partial charge on any atom is 0.294 e. The van der Waals surface area contributed by atoms with E-state index in [0.717, 1.165) is 0 Å². The van der Waals surface area contributed by atoms with E-state index in [4.69, 9.17) is 10.3 Å². The van der Waals surface area contributed by atoms with Crippen molar-refractivity contribution in [3.8, 4) is 0 Å². The van der Waals surface area contributed by atoms with E-state index in [-0.39, 0.29) is 4.90 Å². The average Bonchev–Trinajstić information content (AvgIpc) is 2.36. The van der Waals surface area contributed by atoms with Crippen molar-refractivity contribution in [2.75, 3.05) is 5.73 Å². The van der Waals surface area contributed by atoms with Crippen LogP contribution in [-0.4, -0.2) is 13.0 Å². The zero-order valence-corrected chi connectivity index (χ0v) is 10.6. The summed E-state index contributed by atoms with van der Waals surface area (Å²) in [7, 11) is -4.24. The van der Waals surface area contributed by atoms with Crippen LogP contribution in [0.25, 0.3) is 0 Å². The Morgan fingerprint density at radius 3 is 2.11 bits per heavy atom. The van der Waals surface area contributed by atoms with Gasteiger partial charge < -0.3 is 5.73 Å².